The lowest BCUT2D eigenvalue weighted by atomic mass is 10.0. The van der Waals surface area contributed by atoms with Crippen molar-refractivity contribution in [3.8, 4) is 0 Å². The minimum Gasteiger partial charge on any atom is -0.312 e. The number of sulfonamides is 1. The van der Waals surface area contributed by atoms with Gasteiger partial charge in [0.25, 0.3) is 0 Å². The van der Waals surface area contributed by atoms with Crippen molar-refractivity contribution in [3.05, 3.63) is 23.8 Å². The molecule has 0 radical (unpaired) electrons. The van der Waals surface area contributed by atoms with E-state index >= 15 is 0 Å². The fourth-order valence-electron chi connectivity index (χ4n) is 3.56. The molecule has 2 aliphatic heterocycles. The molecule has 1 fully saturated rings. The number of fused-ring (bicyclic) bond motifs is 1. The zero-order chi connectivity index (χ0) is 16.6. The van der Waals surface area contributed by atoms with E-state index in [-0.39, 0.29) is 5.91 Å². The van der Waals surface area contributed by atoms with Crippen molar-refractivity contribution in [1.82, 2.24) is 4.31 Å². The Morgan fingerprint density at radius 1 is 1.22 bits per heavy atom. The summed E-state index contributed by atoms with van der Waals surface area (Å²) in [5.74, 6) is 0.358. The zero-order valence-electron chi connectivity index (χ0n) is 13.8. The molecule has 0 saturated carbocycles. The summed E-state index contributed by atoms with van der Waals surface area (Å²) in [6, 6.07) is 5.24. The molecule has 2 aliphatic rings. The second-order valence-electron chi connectivity index (χ2n) is 6.68. The second-order valence-corrected chi connectivity index (χ2v) is 8.61. The number of benzene rings is 1. The molecule has 6 heteroatoms. The van der Waals surface area contributed by atoms with E-state index in [0.29, 0.717) is 30.4 Å². The van der Waals surface area contributed by atoms with E-state index in [0.717, 1.165) is 36.9 Å². The number of nitrogens with zero attached hydrogens (tertiary/aromatic N) is 2. The molecule has 126 valence electrons. The Hall–Kier alpha value is -1.40. The number of anilines is 1. The van der Waals surface area contributed by atoms with Crippen LogP contribution < -0.4 is 4.90 Å². The van der Waals surface area contributed by atoms with Crippen molar-refractivity contribution < 1.29 is 13.2 Å². The molecule has 0 spiro atoms. The third kappa shape index (κ3) is 3.15. The van der Waals surface area contributed by atoms with E-state index in [1.165, 1.54) is 6.92 Å². The Kier molecular flexibility index (Phi) is 4.47. The first-order valence-corrected chi connectivity index (χ1v) is 9.75. The Bertz CT molecular complexity index is 715. The van der Waals surface area contributed by atoms with Crippen LogP contribution >= 0.6 is 0 Å². The molecule has 0 aromatic heterocycles. The van der Waals surface area contributed by atoms with Crippen LogP contribution in [-0.4, -0.2) is 38.3 Å². The second kappa shape index (κ2) is 6.24. The Balaban J connectivity index is 1.97. The number of carbonyl (C=O) groups excluding carboxylic acids is 1. The van der Waals surface area contributed by atoms with Crippen LogP contribution in [0.25, 0.3) is 0 Å². The number of aryl methyl sites for hydroxylation is 1. The van der Waals surface area contributed by atoms with Crippen molar-refractivity contribution in [3.63, 3.8) is 0 Å². The SMILES string of the molecule is CC(=O)N1CCCc2ccc(S(=O)(=O)N3CCC[C@@H](C)C3)cc21. The quantitative estimate of drug-likeness (QED) is 0.833. The average molecular weight is 336 g/mol. The lowest BCUT2D eigenvalue weighted by Gasteiger charge is -2.32. The summed E-state index contributed by atoms with van der Waals surface area (Å²) in [6.45, 7) is 5.44. The van der Waals surface area contributed by atoms with Gasteiger partial charge in [0.1, 0.15) is 0 Å². The molecule has 1 amide bonds. The van der Waals surface area contributed by atoms with Crippen LogP contribution in [0.3, 0.4) is 0 Å². The molecule has 5 nitrogen and oxygen atoms in total. The molecular weight excluding hydrogens is 312 g/mol. The predicted octanol–water partition coefficient (Wildman–Crippen LogP) is 2.41. The Morgan fingerprint density at radius 3 is 2.70 bits per heavy atom. The number of carbonyl (C=O) groups is 1. The smallest absolute Gasteiger partial charge is 0.243 e. The zero-order valence-corrected chi connectivity index (χ0v) is 14.6. The molecule has 0 bridgehead atoms. The van der Waals surface area contributed by atoms with Crippen LogP contribution in [0.1, 0.15) is 38.7 Å². The van der Waals surface area contributed by atoms with Crippen molar-refractivity contribution in [2.75, 3.05) is 24.5 Å². The Labute approximate surface area is 138 Å². The third-order valence-electron chi connectivity index (χ3n) is 4.81. The molecular formula is C17H24N2O3S. The maximum atomic E-state index is 12.9. The number of hydrogen-bond acceptors (Lipinski definition) is 3. The summed E-state index contributed by atoms with van der Waals surface area (Å²) in [7, 11) is -3.48. The van der Waals surface area contributed by atoms with Gasteiger partial charge in [0.15, 0.2) is 0 Å². The molecule has 0 N–H and O–H groups in total. The fraction of sp³-hybridized carbons (Fsp3) is 0.588. The van der Waals surface area contributed by atoms with E-state index in [1.54, 1.807) is 21.3 Å². The highest BCUT2D eigenvalue weighted by molar-refractivity contribution is 7.89. The van der Waals surface area contributed by atoms with Gasteiger partial charge in [-0.25, -0.2) is 8.42 Å². The monoisotopic (exact) mass is 336 g/mol. The number of rotatable bonds is 2. The number of hydrogen-bond donors (Lipinski definition) is 0. The molecule has 1 aromatic carbocycles. The highest BCUT2D eigenvalue weighted by Gasteiger charge is 2.30. The lowest BCUT2D eigenvalue weighted by Crippen LogP contribution is -2.39. The first-order valence-electron chi connectivity index (χ1n) is 8.31. The molecule has 23 heavy (non-hydrogen) atoms. The minimum atomic E-state index is -3.48. The van der Waals surface area contributed by atoms with Crippen LogP contribution in [0.4, 0.5) is 5.69 Å². The summed E-state index contributed by atoms with van der Waals surface area (Å²) >= 11 is 0. The van der Waals surface area contributed by atoms with Crippen molar-refractivity contribution in [1.29, 1.82) is 0 Å². The van der Waals surface area contributed by atoms with Gasteiger partial charge in [-0.2, -0.15) is 4.31 Å². The molecule has 1 aromatic rings. The van der Waals surface area contributed by atoms with Gasteiger partial charge in [-0.3, -0.25) is 4.79 Å². The first-order chi connectivity index (χ1) is 10.9. The van der Waals surface area contributed by atoms with Gasteiger partial charge in [-0.05, 0) is 49.3 Å². The topological polar surface area (TPSA) is 57.7 Å². The van der Waals surface area contributed by atoms with Gasteiger partial charge in [-0.1, -0.05) is 13.0 Å². The van der Waals surface area contributed by atoms with Gasteiger partial charge < -0.3 is 4.90 Å². The largest absolute Gasteiger partial charge is 0.312 e. The molecule has 2 heterocycles. The van der Waals surface area contributed by atoms with Gasteiger partial charge in [-0.15, -0.1) is 0 Å². The maximum Gasteiger partial charge on any atom is 0.243 e. The maximum absolute atomic E-state index is 12.9. The summed E-state index contributed by atoms with van der Waals surface area (Å²) in [6.07, 6.45) is 3.79. The van der Waals surface area contributed by atoms with Gasteiger partial charge in [0, 0.05) is 32.2 Å². The highest BCUT2D eigenvalue weighted by Crippen LogP contribution is 2.32. The molecule has 0 aliphatic carbocycles. The van der Waals surface area contributed by atoms with Crippen LogP contribution in [0, 0.1) is 5.92 Å². The summed E-state index contributed by atoms with van der Waals surface area (Å²) < 4.78 is 27.4. The Morgan fingerprint density at radius 2 is 2.00 bits per heavy atom. The first kappa shape index (κ1) is 16.5. The van der Waals surface area contributed by atoms with Gasteiger partial charge >= 0.3 is 0 Å². The van der Waals surface area contributed by atoms with Crippen LogP contribution in [-0.2, 0) is 21.2 Å². The number of amides is 1. The standard InChI is InChI=1S/C17H24N2O3S/c1-13-5-3-9-18(12-13)23(21,22)16-8-7-15-6-4-10-19(14(2)20)17(15)11-16/h7-8,11,13H,3-6,9-10,12H2,1-2H3/t13-/m1/s1. The van der Waals surface area contributed by atoms with Crippen molar-refractivity contribution >= 4 is 21.6 Å². The third-order valence-corrected chi connectivity index (χ3v) is 6.67. The van der Waals surface area contributed by atoms with E-state index < -0.39 is 10.0 Å². The summed E-state index contributed by atoms with van der Waals surface area (Å²) in [4.78, 5) is 13.8. The molecule has 0 unspecified atom stereocenters. The van der Waals surface area contributed by atoms with Crippen LogP contribution in [0.5, 0.6) is 0 Å². The average Bonchev–Trinajstić information content (AvgIpc) is 2.53. The van der Waals surface area contributed by atoms with Crippen LogP contribution in [0.15, 0.2) is 23.1 Å². The van der Waals surface area contributed by atoms with Crippen LogP contribution in [0.2, 0.25) is 0 Å². The fourth-order valence-corrected chi connectivity index (χ4v) is 5.17. The summed E-state index contributed by atoms with van der Waals surface area (Å²) in [5.41, 5.74) is 1.81. The normalized spacial score (nSPS) is 22.7. The van der Waals surface area contributed by atoms with Crippen molar-refractivity contribution in [2.24, 2.45) is 5.92 Å². The molecule has 1 atom stereocenters. The lowest BCUT2D eigenvalue weighted by molar-refractivity contribution is -0.116. The summed E-state index contributed by atoms with van der Waals surface area (Å²) in [5, 5.41) is 0. The highest BCUT2D eigenvalue weighted by atomic mass is 32.2. The molecule has 3 rings (SSSR count). The predicted molar refractivity (Wildman–Crippen MR) is 89.9 cm³/mol. The van der Waals surface area contributed by atoms with Gasteiger partial charge in [0.2, 0.25) is 15.9 Å². The number of piperidine rings is 1. The van der Waals surface area contributed by atoms with Gasteiger partial charge in [0.05, 0.1) is 4.90 Å². The molecule has 1 saturated heterocycles. The minimum absolute atomic E-state index is 0.0351. The van der Waals surface area contributed by atoms with E-state index in [2.05, 4.69) is 6.92 Å². The van der Waals surface area contributed by atoms with E-state index in [4.69, 9.17) is 0 Å². The van der Waals surface area contributed by atoms with E-state index in [1.807, 2.05) is 6.07 Å². The van der Waals surface area contributed by atoms with E-state index in [9.17, 15) is 13.2 Å². The van der Waals surface area contributed by atoms with Crippen molar-refractivity contribution in [2.45, 2.75) is 44.4 Å².